The Hall–Kier alpha value is -1.53. The van der Waals surface area contributed by atoms with E-state index in [9.17, 15) is 13.2 Å². The van der Waals surface area contributed by atoms with Crippen molar-refractivity contribution >= 4 is 15.9 Å². The Bertz CT molecular complexity index is 649. The first-order valence-electron chi connectivity index (χ1n) is 6.26. The summed E-state index contributed by atoms with van der Waals surface area (Å²) in [6.45, 7) is 0.0275. The Kier molecular flexibility index (Phi) is 5.25. The molecule has 0 bridgehead atoms. The van der Waals surface area contributed by atoms with Crippen LogP contribution >= 0.6 is 15.9 Å². The van der Waals surface area contributed by atoms with Crippen molar-refractivity contribution in [3.63, 3.8) is 0 Å². The van der Waals surface area contributed by atoms with Crippen LogP contribution in [0.4, 0.5) is 13.2 Å². The van der Waals surface area contributed by atoms with Crippen LogP contribution in [0.2, 0.25) is 0 Å². The molecule has 2 rings (SSSR count). The number of ether oxygens (including phenoxy) is 1. The molecule has 0 aliphatic rings. The molecular formula is C15H13BrF3NO. The fourth-order valence-electron chi connectivity index (χ4n) is 1.89. The van der Waals surface area contributed by atoms with Gasteiger partial charge in [0.25, 0.3) is 0 Å². The lowest BCUT2D eigenvalue weighted by Crippen LogP contribution is -2.07. The van der Waals surface area contributed by atoms with Gasteiger partial charge in [-0.2, -0.15) is 0 Å². The summed E-state index contributed by atoms with van der Waals surface area (Å²) in [6, 6.07) is 6.39. The Labute approximate surface area is 128 Å². The molecule has 0 heterocycles. The first-order valence-corrected chi connectivity index (χ1v) is 7.06. The van der Waals surface area contributed by atoms with Gasteiger partial charge >= 0.3 is 0 Å². The highest BCUT2D eigenvalue weighted by Crippen LogP contribution is 2.25. The van der Waals surface area contributed by atoms with E-state index >= 15 is 0 Å². The summed E-state index contributed by atoms with van der Waals surface area (Å²) in [5.41, 5.74) is 5.83. The summed E-state index contributed by atoms with van der Waals surface area (Å²) in [5.74, 6) is -1.46. The zero-order chi connectivity index (χ0) is 15.4. The van der Waals surface area contributed by atoms with Gasteiger partial charge in [-0.1, -0.05) is 0 Å². The molecule has 112 valence electrons. The molecule has 0 aliphatic carbocycles. The third kappa shape index (κ3) is 3.77. The van der Waals surface area contributed by atoms with E-state index in [1.54, 1.807) is 0 Å². The summed E-state index contributed by atoms with van der Waals surface area (Å²) in [7, 11) is 0. The number of hydrogen-bond donors (Lipinski definition) is 1. The molecule has 6 heteroatoms. The van der Waals surface area contributed by atoms with Crippen LogP contribution in [0.25, 0.3) is 0 Å². The zero-order valence-corrected chi connectivity index (χ0v) is 12.6. The molecule has 0 atom stereocenters. The number of halogens is 4. The molecule has 2 aromatic carbocycles. The third-order valence-corrected chi connectivity index (χ3v) is 3.56. The van der Waals surface area contributed by atoms with E-state index in [0.717, 1.165) is 6.07 Å². The van der Waals surface area contributed by atoms with Crippen molar-refractivity contribution in [3.05, 3.63) is 63.4 Å². The maximum atomic E-state index is 13.8. The molecule has 0 radical (unpaired) electrons. The van der Waals surface area contributed by atoms with E-state index in [2.05, 4.69) is 15.9 Å². The highest BCUT2D eigenvalue weighted by molar-refractivity contribution is 9.10. The van der Waals surface area contributed by atoms with Crippen LogP contribution in [0.15, 0.2) is 34.8 Å². The van der Waals surface area contributed by atoms with Gasteiger partial charge in [0, 0.05) is 0 Å². The van der Waals surface area contributed by atoms with E-state index in [-0.39, 0.29) is 16.6 Å². The van der Waals surface area contributed by atoms with Crippen LogP contribution in [0.3, 0.4) is 0 Å². The minimum atomic E-state index is -0.711. The van der Waals surface area contributed by atoms with E-state index in [1.165, 1.54) is 24.3 Å². The summed E-state index contributed by atoms with van der Waals surface area (Å²) in [4.78, 5) is 0. The van der Waals surface area contributed by atoms with Crippen LogP contribution in [0.5, 0.6) is 5.75 Å². The van der Waals surface area contributed by atoms with Crippen molar-refractivity contribution < 1.29 is 17.9 Å². The molecule has 0 saturated carbocycles. The third-order valence-electron chi connectivity index (χ3n) is 2.95. The second kappa shape index (κ2) is 6.95. The van der Waals surface area contributed by atoms with Gasteiger partial charge in [0.05, 0.1) is 10.0 Å². The molecule has 21 heavy (non-hydrogen) atoms. The predicted molar refractivity (Wildman–Crippen MR) is 77.5 cm³/mol. The molecule has 0 amide bonds. The lowest BCUT2D eigenvalue weighted by Gasteiger charge is -2.12. The Balaban J connectivity index is 2.23. The quantitative estimate of drug-likeness (QED) is 0.820. The van der Waals surface area contributed by atoms with Gasteiger partial charge in [-0.15, -0.1) is 0 Å². The highest BCUT2D eigenvalue weighted by atomic mass is 79.9. The maximum Gasteiger partial charge on any atom is 0.146 e. The van der Waals surface area contributed by atoms with E-state index in [0.29, 0.717) is 24.3 Å². The molecule has 0 aromatic heterocycles. The van der Waals surface area contributed by atoms with Gasteiger partial charge in [0.2, 0.25) is 0 Å². The molecular weight excluding hydrogens is 347 g/mol. The topological polar surface area (TPSA) is 35.2 Å². The van der Waals surface area contributed by atoms with Gasteiger partial charge < -0.3 is 10.5 Å². The second-order valence-corrected chi connectivity index (χ2v) is 5.26. The van der Waals surface area contributed by atoms with Gasteiger partial charge in [-0.05, 0) is 64.8 Å². The lowest BCUT2D eigenvalue weighted by molar-refractivity contribution is 0.289. The summed E-state index contributed by atoms with van der Waals surface area (Å²) in [5, 5.41) is 0. The summed E-state index contributed by atoms with van der Waals surface area (Å²) < 4.78 is 46.2. The predicted octanol–water partition coefficient (Wildman–Crippen LogP) is 3.95. The van der Waals surface area contributed by atoms with E-state index in [1.807, 2.05) is 0 Å². The van der Waals surface area contributed by atoms with Crippen LogP contribution in [-0.4, -0.2) is 6.54 Å². The van der Waals surface area contributed by atoms with Crippen molar-refractivity contribution in [3.8, 4) is 5.75 Å². The van der Waals surface area contributed by atoms with Crippen LogP contribution in [0.1, 0.15) is 11.1 Å². The van der Waals surface area contributed by atoms with Crippen molar-refractivity contribution in [2.45, 2.75) is 13.0 Å². The van der Waals surface area contributed by atoms with Gasteiger partial charge in [0.15, 0.2) is 0 Å². The second-order valence-electron chi connectivity index (χ2n) is 4.40. The Morgan fingerprint density at radius 3 is 2.57 bits per heavy atom. The van der Waals surface area contributed by atoms with Gasteiger partial charge in [0.1, 0.15) is 29.8 Å². The molecule has 2 nitrogen and oxygen atoms in total. The van der Waals surface area contributed by atoms with Crippen LogP contribution < -0.4 is 10.5 Å². The smallest absolute Gasteiger partial charge is 0.146 e. The molecule has 0 unspecified atom stereocenters. The number of nitrogens with two attached hydrogens (primary N) is 1. The fraction of sp³-hybridized carbons (Fsp3) is 0.200. The number of hydrogen-bond acceptors (Lipinski definition) is 2. The largest absolute Gasteiger partial charge is 0.488 e. The SMILES string of the molecule is NCCc1cc(F)ccc1OCc1c(F)ccc(Br)c1F. The molecule has 2 aromatic rings. The Morgan fingerprint density at radius 1 is 1.10 bits per heavy atom. The van der Waals surface area contributed by atoms with Gasteiger partial charge in [-0.25, -0.2) is 13.2 Å². The zero-order valence-electron chi connectivity index (χ0n) is 11.0. The fourth-order valence-corrected chi connectivity index (χ4v) is 2.26. The first kappa shape index (κ1) is 15.9. The molecule has 0 fully saturated rings. The molecule has 2 N–H and O–H groups in total. The van der Waals surface area contributed by atoms with Crippen molar-refractivity contribution in [2.24, 2.45) is 5.73 Å². The molecule has 0 saturated heterocycles. The minimum absolute atomic E-state index is 0.156. The highest BCUT2D eigenvalue weighted by Gasteiger charge is 2.14. The maximum absolute atomic E-state index is 13.8. The normalized spacial score (nSPS) is 10.7. The van der Waals surface area contributed by atoms with E-state index < -0.39 is 17.5 Å². The minimum Gasteiger partial charge on any atom is -0.488 e. The summed E-state index contributed by atoms with van der Waals surface area (Å²) in [6.07, 6.45) is 0.413. The average Bonchev–Trinajstić information content (AvgIpc) is 2.45. The standard InChI is InChI=1S/C15H13BrF3NO/c16-12-2-3-13(18)11(15(12)19)8-21-14-4-1-10(17)7-9(14)5-6-20/h1-4,7H,5-6,8,20H2. The monoisotopic (exact) mass is 359 g/mol. The lowest BCUT2D eigenvalue weighted by atomic mass is 10.1. The number of rotatable bonds is 5. The van der Waals surface area contributed by atoms with Crippen molar-refractivity contribution in [1.82, 2.24) is 0 Å². The first-order chi connectivity index (χ1) is 10.0. The van der Waals surface area contributed by atoms with Crippen molar-refractivity contribution in [1.29, 1.82) is 0 Å². The van der Waals surface area contributed by atoms with Gasteiger partial charge in [-0.3, -0.25) is 0 Å². The van der Waals surface area contributed by atoms with E-state index in [4.69, 9.17) is 10.5 Å². The average molecular weight is 360 g/mol. The Morgan fingerprint density at radius 2 is 1.86 bits per heavy atom. The molecule has 0 aliphatic heterocycles. The van der Waals surface area contributed by atoms with Crippen LogP contribution in [0, 0.1) is 17.5 Å². The number of benzene rings is 2. The summed E-state index contributed by atoms with van der Waals surface area (Å²) >= 11 is 2.99. The van der Waals surface area contributed by atoms with Crippen LogP contribution in [-0.2, 0) is 13.0 Å². The van der Waals surface area contributed by atoms with Crippen molar-refractivity contribution in [2.75, 3.05) is 6.54 Å². The molecule has 0 spiro atoms.